The third kappa shape index (κ3) is 5.49. The number of hydrogen-bond acceptors (Lipinski definition) is 4. The van der Waals surface area contributed by atoms with Gasteiger partial charge >= 0.3 is 0 Å². The van der Waals surface area contributed by atoms with E-state index in [9.17, 15) is 5.11 Å². The summed E-state index contributed by atoms with van der Waals surface area (Å²) in [6.45, 7) is 6.79. The summed E-state index contributed by atoms with van der Waals surface area (Å²) in [4.78, 5) is 0. The molecular weight excluding hydrogens is 242 g/mol. The van der Waals surface area contributed by atoms with Crippen molar-refractivity contribution in [3.8, 4) is 11.5 Å². The first-order valence-electron chi connectivity index (χ1n) is 6.64. The van der Waals surface area contributed by atoms with Gasteiger partial charge in [0.2, 0.25) is 0 Å². The van der Waals surface area contributed by atoms with Crippen LogP contribution < -0.4 is 14.8 Å². The van der Waals surface area contributed by atoms with Gasteiger partial charge in [-0.1, -0.05) is 13.8 Å². The predicted octanol–water partition coefficient (Wildman–Crippen LogP) is 2.21. The molecule has 0 amide bonds. The molecule has 0 saturated carbocycles. The summed E-state index contributed by atoms with van der Waals surface area (Å²) in [5.41, 5.74) is -0.305. The van der Waals surface area contributed by atoms with Crippen molar-refractivity contribution in [2.24, 2.45) is 0 Å². The van der Waals surface area contributed by atoms with Crippen LogP contribution in [0.5, 0.6) is 11.5 Å². The van der Waals surface area contributed by atoms with E-state index in [1.807, 2.05) is 31.2 Å². The molecule has 2 N–H and O–H groups in total. The number of hydrogen-bond donors (Lipinski definition) is 2. The number of rotatable bonds is 8. The van der Waals surface area contributed by atoms with E-state index in [1.165, 1.54) is 0 Å². The van der Waals surface area contributed by atoms with E-state index in [4.69, 9.17) is 9.47 Å². The number of methoxy groups -OCH3 is 1. The number of ether oxygens (including phenoxy) is 2. The van der Waals surface area contributed by atoms with Crippen LogP contribution in [0.4, 0.5) is 0 Å². The summed E-state index contributed by atoms with van der Waals surface area (Å²) in [6.07, 6.45) is 0.744. The molecule has 108 valence electrons. The maximum Gasteiger partial charge on any atom is 0.119 e. The van der Waals surface area contributed by atoms with Gasteiger partial charge in [-0.2, -0.15) is 0 Å². The molecule has 0 aliphatic rings. The molecule has 0 bridgehead atoms. The van der Waals surface area contributed by atoms with Crippen molar-refractivity contribution >= 4 is 0 Å². The van der Waals surface area contributed by atoms with E-state index in [1.54, 1.807) is 7.11 Å². The monoisotopic (exact) mass is 267 g/mol. The Morgan fingerprint density at radius 2 is 1.79 bits per heavy atom. The second-order valence-electron chi connectivity index (χ2n) is 5.29. The Labute approximate surface area is 115 Å². The smallest absolute Gasteiger partial charge is 0.119 e. The fraction of sp³-hybridized carbons (Fsp3) is 0.600. The third-order valence-electron chi connectivity index (χ3n) is 2.97. The second kappa shape index (κ2) is 7.36. The van der Waals surface area contributed by atoms with Gasteiger partial charge in [0.15, 0.2) is 0 Å². The fourth-order valence-electron chi connectivity index (χ4n) is 1.96. The maximum absolute atomic E-state index is 9.47. The van der Waals surface area contributed by atoms with Gasteiger partial charge in [-0.25, -0.2) is 0 Å². The largest absolute Gasteiger partial charge is 0.497 e. The molecule has 0 aliphatic carbocycles. The van der Waals surface area contributed by atoms with Crippen LogP contribution in [0, 0.1) is 0 Å². The molecule has 0 aromatic heterocycles. The normalized spacial score (nSPS) is 14.2. The Kier molecular flexibility index (Phi) is 6.12. The number of aliphatic hydroxyl groups excluding tert-OH is 1. The van der Waals surface area contributed by atoms with E-state index in [-0.39, 0.29) is 12.1 Å². The first-order valence-corrected chi connectivity index (χ1v) is 6.64. The van der Waals surface area contributed by atoms with E-state index in [2.05, 4.69) is 19.2 Å². The average Bonchev–Trinajstić information content (AvgIpc) is 2.38. The third-order valence-corrected chi connectivity index (χ3v) is 2.97. The van der Waals surface area contributed by atoms with Gasteiger partial charge in [-0.05, 0) is 31.2 Å². The molecule has 1 unspecified atom stereocenters. The van der Waals surface area contributed by atoms with Crippen LogP contribution in [0.25, 0.3) is 0 Å². The molecule has 4 nitrogen and oxygen atoms in total. The quantitative estimate of drug-likeness (QED) is 0.758. The Balaban J connectivity index is 2.43. The number of aliphatic hydroxyl groups is 1. The van der Waals surface area contributed by atoms with Crippen molar-refractivity contribution < 1.29 is 14.6 Å². The molecule has 0 radical (unpaired) electrons. The Bertz CT molecular complexity index is 364. The highest BCUT2D eigenvalue weighted by Crippen LogP contribution is 2.18. The van der Waals surface area contributed by atoms with Gasteiger partial charge in [0.25, 0.3) is 0 Å². The molecule has 1 atom stereocenters. The van der Waals surface area contributed by atoms with E-state index < -0.39 is 0 Å². The van der Waals surface area contributed by atoms with Gasteiger partial charge in [0.1, 0.15) is 11.5 Å². The minimum atomic E-state index is -0.305. The fourth-order valence-corrected chi connectivity index (χ4v) is 1.96. The summed E-state index contributed by atoms with van der Waals surface area (Å²) in [5.74, 6) is 1.62. The van der Waals surface area contributed by atoms with Crippen LogP contribution in [-0.4, -0.2) is 37.0 Å². The molecule has 1 rings (SSSR count). The van der Waals surface area contributed by atoms with Crippen LogP contribution in [-0.2, 0) is 0 Å². The van der Waals surface area contributed by atoms with Crippen LogP contribution in [0.2, 0.25) is 0 Å². The SMILES string of the molecule is COc1ccc(OCCC(C)(CO)NC(C)C)cc1. The lowest BCUT2D eigenvalue weighted by Crippen LogP contribution is -2.49. The van der Waals surface area contributed by atoms with Crippen molar-refractivity contribution in [2.75, 3.05) is 20.3 Å². The Morgan fingerprint density at radius 3 is 2.26 bits per heavy atom. The molecule has 1 aromatic rings. The van der Waals surface area contributed by atoms with E-state index in [0.717, 1.165) is 17.9 Å². The zero-order chi connectivity index (χ0) is 14.3. The zero-order valence-electron chi connectivity index (χ0n) is 12.3. The summed E-state index contributed by atoms with van der Waals surface area (Å²) in [5, 5.41) is 12.8. The van der Waals surface area contributed by atoms with Crippen LogP contribution in [0.1, 0.15) is 27.2 Å². The highest BCUT2D eigenvalue weighted by molar-refractivity contribution is 5.31. The van der Waals surface area contributed by atoms with Crippen LogP contribution >= 0.6 is 0 Å². The molecule has 0 fully saturated rings. The zero-order valence-corrected chi connectivity index (χ0v) is 12.3. The number of benzene rings is 1. The molecule has 0 heterocycles. The Hall–Kier alpha value is -1.26. The standard InChI is InChI=1S/C15H25NO3/c1-12(2)16-15(3,11-17)9-10-19-14-7-5-13(18-4)6-8-14/h5-8,12,16-17H,9-11H2,1-4H3. The highest BCUT2D eigenvalue weighted by atomic mass is 16.5. The van der Waals surface area contributed by atoms with Crippen molar-refractivity contribution in [1.82, 2.24) is 5.32 Å². The lowest BCUT2D eigenvalue weighted by atomic mass is 9.98. The van der Waals surface area contributed by atoms with E-state index >= 15 is 0 Å². The second-order valence-corrected chi connectivity index (χ2v) is 5.29. The van der Waals surface area contributed by atoms with Crippen molar-refractivity contribution in [3.63, 3.8) is 0 Å². The van der Waals surface area contributed by atoms with Gasteiger partial charge < -0.3 is 19.9 Å². The van der Waals surface area contributed by atoms with Crippen LogP contribution in [0.3, 0.4) is 0 Å². The van der Waals surface area contributed by atoms with E-state index in [0.29, 0.717) is 12.6 Å². The molecular formula is C15H25NO3. The maximum atomic E-state index is 9.47. The van der Waals surface area contributed by atoms with Crippen molar-refractivity contribution in [2.45, 2.75) is 38.8 Å². The number of nitrogens with one attached hydrogen (secondary N) is 1. The summed E-state index contributed by atoms with van der Waals surface area (Å²) in [6, 6.07) is 7.83. The highest BCUT2D eigenvalue weighted by Gasteiger charge is 2.23. The predicted molar refractivity (Wildman–Crippen MR) is 76.9 cm³/mol. The summed E-state index contributed by atoms with van der Waals surface area (Å²) >= 11 is 0. The van der Waals surface area contributed by atoms with Crippen molar-refractivity contribution in [1.29, 1.82) is 0 Å². The molecule has 0 spiro atoms. The first-order chi connectivity index (χ1) is 8.99. The summed E-state index contributed by atoms with van der Waals surface area (Å²) in [7, 11) is 1.64. The minimum Gasteiger partial charge on any atom is -0.497 e. The van der Waals surface area contributed by atoms with Crippen LogP contribution in [0.15, 0.2) is 24.3 Å². The van der Waals surface area contributed by atoms with Gasteiger partial charge in [-0.15, -0.1) is 0 Å². The molecule has 0 aliphatic heterocycles. The average molecular weight is 267 g/mol. The van der Waals surface area contributed by atoms with Gasteiger partial charge in [0.05, 0.1) is 20.3 Å². The van der Waals surface area contributed by atoms with Gasteiger partial charge in [-0.3, -0.25) is 0 Å². The first kappa shape index (κ1) is 15.8. The van der Waals surface area contributed by atoms with Gasteiger partial charge in [0, 0.05) is 18.0 Å². The molecule has 4 heteroatoms. The molecule has 0 saturated heterocycles. The lowest BCUT2D eigenvalue weighted by Gasteiger charge is -2.31. The molecule has 1 aromatic carbocycles. The minimum absolute atomic E-state index is 0.0944. The molecule has 19 heavy (non-hydrogen) atoms. The summed E-state index contributed by atoms with van der Waals surface area (Å²) < 4.78 is 10.8. The van der Waals surface area contributed by atoms with Crippen molar-refractivity contribution in [3.05, 3.63) is 24.3 Å². The lowest BCUT2D eigenvalue weighted by molar-refractivity contribution is 0.136. The Morgan fingerprint density at radius 1 is 1.21 bits per heavy atom. The topological polar surface area (TPSA) is 50.7 Å².